The van der Waals surface area contributed by atoms with Crippen LogP contribution in [0.3, 0.4) is 0 Å². The van der Waals surface area contributed by atoms with Crippen LogP contribution >= 0.6 is 11.6 Å². The monoisotopic (exact) mass is 259 g/mol. The second kappa shape index (κ2) is 7.26. The summed E-state index contributed by atoms with van der Waals surface area (Å²) in [4.78, 5) is 9.96. The number of nitrogens with one attached hydrogen (secondary N) is 1. The van der Waals surface area contributed by atoms with Crippen LogP contribution in [-0.2, 0) is 4.74 Å². The molecule has 0 aliphatic carbocycles. The van der Waals surface area contributed by atoms with Gasteiger partial charge in [-0.15, -0.1) is 0 Å². The van der Waals surface area contributed by atoms with Crippen molar-refractivity contribution in [3.05, 3.63) is 11.5 Å². The first kappa shape index (κ1) is 14.0. The minimum atomic E-state index is 0.273. The molecule has 1 rings (SSSR count). The van der Waals surface area contributed by atoms with Gasteiger partial charge in [0.25, 0.3) is 0 Å². The van der Waals surface area contributed by atoms with Gasteiger partial charge in [0.2, 0.25) is 0 Å². The molecule has 0 saturated heterocycles. The van der Waals surface area contributed by atoms with Gasteiger partial charge in [-0.1, -0.05) is 11.6 Å². The Morgan fingerprint density at radius 2 is 2.24 bits per heavy atom. The number of nitrogens with two attached hydrogens (primary N) is 1. The molecule has 0 fully saturated rings. The molecule has 6 nitrogen and oxygen atoms in total. The summed E-state index contributed by atoms with van der Waals surface area (Å²) in [5.41, 5.74) is 6.11. The molecule has 0 aliphatic heterocycles. The third-order valence-corrected chi connectivity index (χ3v) is 2.60. The van der Waals surface area contributed by atoms with Crippen LogP contribution in [0.5, 0.6) is 0 Å². The number of likely N-dealkylation sites (N-methyl/N-ethyl adjacent to an activating group) is 1. The zero-order chi connectivity index (χ0) is 12.7. The lowest BCUT2D eigenvalue weighted by molar-refractivity contribution is 0.163. The number of aromatic nitrogens is 2. The predicted octanol–water partition coefficient (Wildman–Crippen LogP) is 0.702. The van der Waals surface area contributed by atoms with E-state index in [-0.39, 0.29) is 5.15 Å². The topological polar surface area (TPSA) is 76.3 Å². The average molecular weight is 260 g/mol. The van der Waals surface area contributed by atoms with Gasteiger partial charge in [-0.25, -0.2) is 9.97 Å². The zero-order valence-electron chi connectivity index (χ0n) is 10.1. The van der Waals surface area contributed by atoms with Crippen molar-refractivity contribution in [1.29, 1.82) is 0 Å². The lowest BCUT2D eigenvalue weighted by Crippen LogP contribution is -2.28. The lowest BCUT2D eigenvalue weighted by atomic mass is 10.4. The summed E-state index contributed by atoms with van der Waals surface area (Å²) in [6, 6.07) is 0. The third kappa shape index (κ3) is 4.72. The standard InChI is InChI=1S/C10H18ClN5O/c1-16(5-6-17-2)4-3-13-10-8(12)9(11)14-7-15-10/h7H,3-6,12H2,1-2H3,(H,13,14,15). The summed E-state index contributed by atoms with van der Waals surface area (Å²) in [7, 11) is 3.71. The van der Waals surface area contributed by atoms with Crippen molar-refractivity contribution in [3.63, 3.8) is 0 Å². The highest BCUT2D eigenvalue weighted by Gasteiger charge is 2.05. The van der Waals surface area contributed by atoms with Gasteiger partial charge in [-0.3, -0.25) is 0 Å². The summed E-state index contributed by atoms with van der Waals surface area (Å²) in [5, 5.41) is 3.39. The number of methoxy groups -OCH3 is 1. The van der Waals surface area contributed by atoms with E-state index in [1.54, 1.807) is 7.11 Å². The van der Waals surface area contributed by atoms with Crippen molar-refractivity contribution < 1.29 is 4.74 Å². The normalized spacial score (nSPS) is 10.8. The van der Waals surface area contributed by atoms with Crippen molar-refractivity contribution in [3.8, 4) is 0 Å². The van der Waals surface area contributed by atoms with Crippen LogP contribution in [0.15, 0.2) is 6.33 Å². The van der Waals surface area contributed by atoms with Crippen molar-refractivity contribution in [2.75, 3.05) is 51.4 Å². The molecule has 1 heterocycles. The van der Waals surface area contributed by atoms with E-state index in [1.807, 2.05) is 7.05 Å². The molecule has 0 bridgehead atoms. The Balaban J connectivity index is 2.33. The molecule has 3 N–H and O–H groups in total. The Bertz CT molecular complexity index is 349. The van der Waals surface area contributed by atoms with Gasteiger partial charge in [0.15, 0.2) is 11.0 Å². The first-order valence-electron chi connectivity index (χ1n) is 5.32. The van der Waals surface area contributed by atoms with Crippen LogP contribution in [0.4, 0.5) is 11.5 Å². The molecule has 96 valence electrons. The summed E-state index contributed by atoms with van der Waals surface area (Å²) >= 11 is 5.78. The number of hydrogen-bond donors (Lipinski definition) is 2. The minimum absolute atomic E-state index is 0.273. The molecule has 1 aromatic heterocycles. The van der Waals surface area contributed by atoms with Crippen molar-refractivity contribution in [1.82, 2.24) is 14.9 Å². The van der Waals surface area contributed by atoms with Crippen LogP contribution in [-0.4, -0.2) is 55.3 Å². The van der Waals surface area contributed by atoms with E-state index in [1.165, 1.54) is 6.33 Å². The molecular weight excluding hydrogens is 242 g/mol. The van der Waals surface area contributed by atoms with E-state index in [4.69, 9.17) is 22.1 Å². The van der Waals surface area contributed by atoms with E-state index in [2.05, 4.69) is 20.2 Å². The molecule has 17 heavy (non-hydrogen) atoms. The summed E-state index contributed by atoms with van der Waals surface area (Å²) < 4.78 is 4.99. The van der Waals surface area contributed by atoms with Gasteiger partial charge in [0.05, 0.1) is 6.61 Å². The van der Waals surface area contributed by atoms with Crippen LogP contribution in [0, 0.1) is 0 Å². The molecule has 0 atom stereocenters. The lowest BCUT2D eigenvalue weighted by Gasteiger charge is -2.16. The van der Waals surface area contributed by atoms with Gasteiger partial charge < -0.3 is 20.7 Å². The molecule has 7 heteroatoms. The Morgan fingerprint density at radius 3 is 2.94 bits per heavy atom. The average Bonchev–Trinajstić information content (AvgIpc) is 2.32. The highest BCUT2D eigenvalue weighted by atomic mass is 35.5. The maximum absolute atomic E-state index is 5.78. The zero-order valence-corrected chi connectivity index (χ0v) is 10.9. The quantitative estimate of drug-likeness (QED) is 0.702. The number of ether oxygens (including phenoxy) is 1. The summed E-state index contributed by atoms with van der Waals surface area (Å²) in [6.45, 7) is 3.21. The fourth-order valence-corrected chi connectivity index (χ4v) is 1.37. The maximum atomic E-state index is 5.78. The third-order valence-electron chi connectivity index (χ3n) is 2.30. The smallest absolute Gasteiger partial charge is 0.157 e. The highest BCUT2D eigenvalue weighted by Crippen LogP contribution is 2.21. The van der Waals surface area contributed by atoms with Crippen LogP contribution in [0.2, 0.25) is 5.15 Å². The Hall–Kier alpha value is -1.11. The molecule has 0 saturated carbocycles. The van der Waals surface area contributed by atoms with Crippen molar-refractivity contribution >= 4 is 23.1 Å². The first-order chi connectivity index (χ1) is 8.15. The number of anilines is 2. The second-order valence-electron chi connectivity index (χ2n) is 3.65. The van der Waals surface area contributed by atoms with E-state index in [9.17, 15) is 0 Å². The summed E-state index contributed by atoms with van der Waals surface area (Å²) in [5.74, 6) is 0.574. The van der Waals surface area contributed by atoms with Gasteiger partial charge >= 0.3 is 0 Å². The van der Waals surface area contributed by atoms with Gasteiger partial charge in [-0.05, 0) is 7.05 Å². The molecule has 0 aliphatic rings. The minimum Gasteiger partial charge on any atom is -0.393 e. The van der Waals surface area contributed by atoms with Crippen LogP contribution in [0.25, 0.3) is 0 Å². The fourth-order valence-electron chi connectivity index (χ4n) is 1.24. The molecular formula is C10H18ClN5O. The maximum Gasteiger partial charge on any atom is 0.157 e. The number of hydrogen-bond acceptors (Lipinski definition) is 6. The van der Waals surface area contributed by atoms with Gasteiger partial charge in [0.1, 0.15) is 12.0 Å². The van der Waals surface area contributed by atoms with Crippen molar-refractivity contribution in [2.24, 2.45) is 0 Å². The predicted molar refractivity (Wildman–Crippen MR) is 69.3 cm³/mol. The second-order valence-corrected chi connectivity index (χ2v) is 4.01. The number of nitrogens with zero attached hydrogens (tertiary/aromatic N) is 3. The number of nitrogen functional groups attached to an aromatic ring is 1. The van der Waals surface area contributed by atoms with E-state index in [0.717, 1.165) is 26.2 Å². The molecule has 0 unspecified atom stereocenters. The SMILES string of the molecule is COCCN(C)CCNc1ncnc(Cl)c1N. The Morgan fingerprint density at radius 1 is 1.47 bits per heavy atom. The highest BCUT2D eigenvalue weighted by molar-refractivity contribution is 6.32. The molecule has 0 aromatic carbocycles. The summed E-state index contributed by atoms with van der Waals surface area (Å²) in [6.07, 6.45) is 1.38. The molecule has 0 radical (unpaired) electrons. The number of halogens is 1. The number of rotatable bonds is 7. The Kier molecular flexibility index (Phi) is 5.96. The molecule has 0 spiro atoms. The molecule has 0 amide bonds. The van der Waals surface area contributed by atoms with Crippen LogP contribution < -0.4 is 11.1 Å². The largest absolute Gasteiger partial charge is 0.393 e. The van der Waals surface area contributed by atoms with Gasteiger partial charge in [0, 0.05) is 26.7 Å². The van der Waals surface area contributed by atoms with Crippen LogP contribution in [0.1, 0.15) is 0 Å². The first-order valence-corrected chi connectivity index (χ1v) is 5.70. The van der Waals surface area contributed by atoms with Gasteiger partial charge in [-0.2, -0.15) is 0 Å². The Labute approximate surface area is 106 Å². The van der Waals surface area contributed by atoms with E-state index < -0.39 is 0 Å². The van der Waals surface area contributed by atoms with Crippen molar-refractivity contribution in [2.45, 2.75) is 0 Å². The van der Waals surface area contributed by atoms with E-state index >= 15 is 0 Å². The molecule has 1 aromatic rings. The van der Waals surface area contributed by atoms with E-state index in [0.29, 0.717) is 11.5 Å². The fraction of sp³-hybridized carbons (Fsp3) is 0.600.